The molecular formula is C13H10F2N2O6. The van der Waals surface area contributed by atoms with Crippen molar-refractivity contribution in [3.05, 3.63) is 44.0 Å². The first-order chi connectivity index (χ1) is 10.8. The zero-order valence-corrected chi connectivity index (χ0v) is 12.0. The van der Waals surface area contributed by atoms with E-state index >= 15 is 0 Å². The second-order valence-electron chi connectivity index (χ2n) is 4.26. The number of carbonyl (C=O) groups is 1. The van der Waals surface area contributed by atoms with Crippen LogP contribution in [0, 0.1) is 16.1 Å². The van der Waals surface area contributed by atoms with E-state index in [1.807, 2.05) is 0 Å². The lowest BCUT2D eigenvalue weighted by Gasteiger charge is -2.11. The van der Waals surface area contributed by atoms with Crippen molar-refractivity contribution < 1.29 is 28.1 Å². The lowest BCUT2D eigenvalue weighted by Crippen LogP contribution is -2.24. The smallest absolute Gasteiger partial charge is 0.346 e. The highest BCUT2D eigenvalue weighted by atomic mass is 19.2. The van der Waals surface area contributed by atoms with Gasteiger partial charge in [0.2, 0.25) is 11.4 Å². The van der Waals surface area contributed by atoms with Crippen LogP contribution in [0.25, 0.3) is 10.9 Å². The molecule has 1 aromatic heterocycles. The van der Waals surface area contributed by atoms with Gasteiger partial charge in [0.15, 0.2) is 5.56 Å². The standard InChI is InChI=1S/C13H10F2N2O6/c1-3-23-13(19)9-11(18)8-6(17(20)21)4-5-7(22-2)10(8)16(15)12(9)14/h4-5H,3H2,1-2H3. The summed E-state index contributed by atoms with van der Waals surface area (Å²) in [6.45, 7) is 1.21. The summed E-state index contributed by atoms with van der Waals surface area (Å²) in [6, 6.07) is 1.91. The molecule has 0 atom stereocenters. The fourth-order valence-corrected chi connectivity index (χ4v) is 2.09. The fourth-order valence-electron chi connectivity index (χ4n) is 2.09. The molecule has 0 N–H and O–H groups in total. The normalized spacial score (nSPS) is 10.6. The molecule has 0 fully saturated rings. The minimum atomic E-state index is -1.82. The van der Waals surface area contributed by atoms with Gasteiger partial charge in [0, 0.05) is 6.07 Å². The third kappa shape index (κ3) is 2.47. The largest absolute Gasteiger partial charge is 0.494 e. The van der Waals surface area contributed by atoms with Crippen molar-refractivity contribution in [3.8, 4) is 5.75 Å². The Morgan fingerprint density at radius 3 is 2.61 bits per heavy atom. The van der Waals surface area contributed by atoms with E-state index in [4.69, 9.17) is 4.74 Å². The van der Waals surface area contributed by atoms with Crippen LogP contribution in [0.15, 0.2) is 16.9 Å². The van der Waals surface area contributed by atoms with Gasteiger partial charge in [-0.3, -0.25) is 14.9 Å². The van der Waals surface area contributed by atoms with E-state index in [0.29, 0.717) is 0 Å². The third-order valence-corrected chi connectivity index (χ3v) is 3.04. The van der Waals surface area contributed by atoms with Gasteiger partial charge >= 0.3 is 5.97 Å². The van der Waals surface area contributed by atoms with Gasteiger partial charge in [-0.25, -0.2) is 4.79 Å². The quantitative estimate of drug-likeness (QED) is 0.368. The van der Waals surface area contributed by atoms with Gasteiger partial charge in [0.1, 0.15) is 16.7 Å². The number of pyridine rings is 1. The van der Waals surface area contributed by atoms with Crippen molar-refractivity contribution in [3.63, 3.8) is 0 Å². The van der Waals surface area contributed by atoms with Crippen LogP contribution in [-0.4, -0.2) is 29.4 Å². The van der Waals surface area contributed by atoms with Crippen LogP contribution in [0.2, 0.25) is 0 Å². The Hall–Kier alpha value is -3.04. The van der Waals surface area contributed by atoms with E-state index in [9.17, 15) is 28.6 Å². The molecule has 1 heterocycles. The zero-order valence-electron chi connectivity index (χ0n) is 12.0. The molecule has 23 heavy (non-hydrogen) atoms. The number of benzene rings is 1. The summed E-state index contributed by atoms with van der Waals surface area (Å²) < 4.78 is 37.6. The van der Waals surface area contributed by atoms with Crippen LogP contribution in [0.1, 0.15) is 17.3 Å². The number of rotatable bonds is 4. The van der Waals surface area contributed by atoms with Crippen molar-refractivity contribution in [1.82, 2.24) is 4.79 Å². The van der Waals surface area contributed by atoms with Gasteiger partial charge in [-0.2, -0.15) is 4.39 Å². The molecule has 1 aromatic carbocycles. The topological polar surface area (TPSA) is 101 Å². The van der Waals surface area contributed by atoms with Crippen molar-refractivity contribution >= 4 is 22.6 Å². The Balaban J connectivity index is 3.05. The number of methoxy groups -OCH3 is 1. The summed E-state index contributed by atoms with van der Waals surface area (Å²) in [5.41, 5.74) is -4.17. The number of aromatic nitrogens is 1. The van der Waals surface area contributed by atoms with Crippen LogP contribution >= 0.6 is 0 Å². The predicted molar refractivity (Wildman–Crippen MR) is 73.8 cm³/mol. The summed E-state index contributed by atoms with van der Waals surface area (Å²) in [6.07, 6.45) is 0. The van der Waals surface area contributed by atoms with Gasteiger partial charge in [-0.05, 0) is 13.0 Å². The lowest BCUT2D eigenvalue weighted by atomic mass is 10.1. The second-order valence-corrected chi connectivity index (χ2v) is 4.26. The first kappa shape index (κ1) is 16.3. The molecule has 10 heteroatoms. The first-order valence-electron chi connectivity index (χ1n) is 6.28. The van der Waals surface area contributed by atoms with Crippen LogP contribution in [0.4, 0.5) is 14.6 Å². The van der Waals surface area contributed by atoms with E-state index < -0.39 is 49.2 Å². The maximum absolute atomic E-state index is 14.2. The van der Waals surface area contributed by atoms with Crippen LogP contribution in [0.3, 0.4) is 0 Å². The number of ether oxygens (including phenoxy) is 2. The molecule has 2 rings (SSSR count). The Kier molecular flexibility index (Phi) is 4.25. The number of nitro benzene ring substituents is 1. The molecule has 0 bridgehead atoms. The summed E-state index contributed by atoms with van der Waals surface area (Å²) in [4.78, 5) is 33.5. The number of non-ortho nitro benzene ring substituents is 1. The number of halogens is 2. The van der Waals surface area contributed by atoms with E-state index in [2.05, 4.69) is 4.74 Å². The van der Waals surface area contributed by atoms with Gasteiger partial charge in [0.05, 0.1) is 18.6 Å². The number of hydrogen-bond acceptors (Lipinski definition) is 6. The maximum atomic E-state index is 14.2. The molecule has 0 aliphatic heterocycles. The Bertz CT molecular complexity index is 877. The molecule has 0 saturated carbocycles. The molecule has 8 nitrogen and oxygen atoms in total. The van der Waals surface area contributed by atoms with E-state index in [1.54, 1.807) is 0 Å². The molecule has 122 valence electrons. The number of nitrogens with zero attached hydrogens (tertiary/aromatic N) is 2. The Labute approximate surface area is 126 Å². The van der Waals surface area contributed by atoms with Crippen LogP contribution < -0.4 is 10.2 Å². The summed E-state index contributed by atoms with van der Waals surface area (Å²) >= 11 is 0. The van der Waals surface area contributed by atoms with Gasteiger partial charge in [-0.1, -0.05) is 4.48 Å². The Morgan fingerprint density at radius 2 is 2.09 bits per heavy atom. The molecule has 0 amide bonds. The highest BCUT2D eigenvalue weighted by Crippen LogP contribution is 2.32. The molecule has 0 aliphatic carbocycles. The number of esters is 1. The van der Waals surface area contributed by atoms with Gasteiger partial charge in [-0.15, -0.1) is 4.79 Å². The minimum Gasteiger partial charge on any atom is -0.494 e. The van der Waals surface area contributed by atoms with E-state index in [-0.39, 0.29) is 12.4 Å². The Morgan fingerprint density at radius 1 is 1.43 bits per heavy atom. The summed E-state index contributed by atoms with van der Waals surface area (Å²) in [7, 11) is 1.11. The van der Waals surface area contributed by atoms with E-state index in [1.165, 1.54) is 6.92 Å². The molecule has 0 spiro atoms. The fraction of sp³-hybridized carbons (Fsp3) is 0.231. The average molecular weight is 328 g/mol. The first-order valence-corrected chi connectivity index (χ1v) is 6.28. The van der Waals surface area contributed by atoms with Crippen molar-refractivity contribution in [2.24, 2.45) is 0 Å². The maximum Gasteiger partial charge on any atom is 0.346 e. The molecule has 0 radical (unpaired) electrons. The van der Waals surface area contributed by atoms with Crippen molar-refractivity contribution in [2.45, 2.75) is 6.92 Å². The number of nitro groups is 1. The molecular weight excluding hydrogens is 318 g/mol. The van der Waals surface area contributed by atoms with E-state index in [0.717, 1.165) is 19.2 Å². The average Bonchev–Trinajstić information content (AvgIpc) is 2.51. The second kappa shape index (κ2) is 5.99. The number of fused-ring (bicyclic) bond motifs is 1. The predicted octanol–water partition coefficient (Wildman–Crippen LogP) is 1.97. The zero-order chi connectivity index (χ0) is 17.3. The minimum absolute atomic E-state index is 0.192. The SMILES string of the molecule is CCOC(=O)c1c(F)n(F)c2c(OC)ccc([N+](=O)[O-])c2c1=O. The summed E-state index contributed by atoms with van der Waals surface area (Å²) in [5.74, 6) is -3.54. The third-order valence-electron chi connectivity index (χ3n) is 3.04. The number of carbonyl (C=O) groups excluding carboxylic acids is 1. The van der Waals surface area contributed by atoms with Gasteiger partial charge in [0.25, 0.3) is 5.69 Å². The lowest BCUT2D eigenvalue weighted by molar-refractivity contribution is -0.383. The number of hydrogen-bond donors (Lipinski definition) is 0. The monoisotopic (exact) mass is 328 g/mol. The van der Waals surface area contributed by atoms with Crippen molar-refractivity contribution in [1.29, 1.82) is 0 Å². The van der Waals surface area contributed by atoms with Crippen LogP contribution in [-0.2, 0) is 4.74 Å². The van der Waals surface area contributed by atoms with Crippen molar-refractivity contribution in [2.75, 3.05) is 13.7 Å². The van der Waals surface area contributed by atoms with Gasteiger partial charge < -0.3 is 9.47 Å². The summed E-state index contributed by atoms with van der Waals surface area (Å²) in [5, 5.41) is 10.3. The molecule has 2 aromatic rings. The molecule has 0 saturated heterocycles. The highest BCUT2D eigenvalue weighted by Gasteiger charge is 2.30. The molecule has 0 unspecified atom stereocenters. The molecule has 0 aliphatic rings. The highest BCUT2D eigenvalue weighted by molar-refractivity contribution is 5.99. The van der Waals surface area contributed by atoms with Crippen LogP contribution in [0.5, 0.6) is 5.75 Å².